The van der Waals surface area contributed by atoms with Gasteiger partial charge in [-0.05, 0) is 30.5 Å². The third kappa shape index (κ3) is 3.38. The van der Waals surface area contributed by atoms with Crippen molar-refractivity contribution in [2.75, 3.05) is 11.4 Å². The Bertz CT molecular complexity index is 432. The molecule has 0 atom stereocenters. The molecule has 2 nitrogen and oxygen atoms in total. The largest absolute Gasteiger partial charge is 0.405 e. The first-order valence-electron chi connectivity index (χ1n) is 5.63. The maximum Gasteiger partial charge on any atom is 0.405 e. The molecule has 100 valence electrons. The van der Waals surface area contributed by atoms with Gasteiger partial charge in [0.2, 0.25) is 0 Å². The number of aliphatic hydroxyl groups excluding tert-OH is 1. The van der Waals surface area contributed by atoms with Gasteiger partial charge in [0.1, 0.15) is 6.54 Å². The fraction of sp³-hybridized carbons (Fsp3) is 0.500. The number of hydrogen-bond donors (Lipinski definition) is 1. The van der Waals surface area contributed by atoms with Gasteiger partial charge < -0.3 is 10.0 Å². The van der Waals surface area contributed by atoms with Crippen molar-refractivity contribution in [3.63, 3.8) is 0 Å². The van der Waals surface area contributed by atoms with Crippen molar-refractivity contribution >= 4 is 21.6 Å². The summed E-state index contributed by atoms with van der Waals surface area (Å²) >= 11 is 3.26. The second-order valence-electron chi connectivity index (χ2n) is 4.41. The minimum absolute atomic E-state index is 0.0153. The zero-order valence-corrected chi connectivity index (χ0v) is 11.1. The summed E-state index contributed by atoms with van der Waals surface area (Å²) in [5.74, 6) is 0. The fourth-order valence-electron chi connectivity index (χ4n) is 1.85. The van der Waals surface area contributed by atoms with Crippen molar-refractivity contribution in [2.24, 2.45) is 0 Å². The highest BCUT2D eigenvalue weighted by Gasteiger charge is 2.38. The molecule has 0 bridgehead atoms. The van der Waals surface area contributed by atoms with Crippen LogP contribution in [0, 0.1) is 0 Å². The van der Waals surface area contributed by atoms with Crippen molar-refractivity contribution in [3.05, 3.63) is 28.2 Å². The molecule has 6 heteroatoms. The van der Waals surface area contributed by atoms with E-state index in [1.807, 2.05) is 0 Å². The number of alkyl halides is 3. The summed E-state index contributed by atoms with van der Waals surface area (Å²) in [5.41, 5.74) is 1.21. The van der Waals surface area contributed by atoms with Gasteiger partial charge in [-0.1, -0.05) is 22.0 Å². The highest BCUT2D eigenvalue weighted by molar-refractivity contribution is 9.10. The van der Waals surface area contributed by atoms with E-state index >= 15 is 0 Å². The van der Waals surface area contributed by atoms with Crippen LogP contribution in [0.2, 0.25) is 0 Å². The van der Waals surface area contributed by atoms with Gasteiger partial charge in [0.15, 0.2) is 0 Å². The van der Waals surface area contributed by atoms with Crippen LogP contribution < -0.4 is 4.90 Å². The predicted molar refractivity (Wildman–Crippen MR) is 66.5 cm³/mol. The first kappa shape index (κ1) is 13.7. The number of aliphatic hydroxyl groups is 1. The number of rotatable bonds is 4. The predicted octanol–water partition coefficient (Wildman–Crippen LogP) is 3.47. The van der Waals surface area contributed by atoms with Crippen LogP contribution in [0.15, 0.2) is 22.7 Å². The molecule has 0 unspecified atom stereocenters. The Kier molecular flexibility index (Phi) is 3.87. The van der Waals surface area contributed by atoms with Crippen molar-refractivity contribution in [1.29, 1.82) is 0 Å². The molecule has 18 heavy (non-hydrogen) atoms. The number of hydrogen-bond acceptors (Lipinski definition) is 2. The smallest absolute Gasteiger partial charge is 0.392 e. The summed E-state index contributed by atoms with van der Waals surface area (Å²) in [4.78, 5) is 1.38. The lowest BCUT2D eigenvalue weighted by Crippen LogP contribution is -2.36. The van der Waals surface area contributed by atoms with Crippen LogP contribution >= 0.6 is 15.9 Å². The maximum atomic E-state index is 12.5. The molecule has 1 aromatic rings. The fourth-order valence-corrected chi connectivity index (χ4v) is 2.35. The van der Waals surface area contributed by atoms with Crippen LogP contribution in [-0.2, 0) is 6.61 Å². The lowest BCUT2D eigenvalue weighted by molar-refractivity contribution is -0.120. The number of anilines is 1. The Morgan fingerprint density at radius 1 is 1.33 bits per heavy atom. The van der Waals surface area contributed by atoms with Gasteiger partial charge in [-0.25, -0.2) is 0 Å². The molecule has 0 radical (unpaired) electrons. The van der Waals surface area contributed by atoms with Crippen molar-refractivity contribution < 1.29 is 18.3 Å². The van der Waals surface area contributed by atoms with E-state index in [0.717, 1.165) is 12.8 Å². The molecule has 0 spiro atoms. The van der Waals surface area contributed by atoms with E-state index < -0.39 is 12.7 Å². The van der Waals surface area contributed by atoms with E-state index in [0.29, 0.717) is 15.7 Å². The average molecular weight is 324 g/mol. The molecule has 0 heterocycles. The highest BCUT2D eigenvalue weighted by atomic mass is 79.9. The van der Waals surface area contributed by atoms with E-state index in [2.05, 4.69) is 15.9 Å². The third-order valence-corrected chi connectivity index (χ3v) is 3.61. The normalized spacial score (nSPS) is 15.8. The van der Waals surface area contributed by atoms with E-state index in [-0.39, 0.29) is 12.6 Å². The lowest BCUT2D eigenvalue weighted by atomic mass is 10.2. The topological polar surface area (TPSA) is 23.5 Å². The molecule has 0 amide bonds. The Balaban J connectivity index is 2.23. The molecule has 0 aliphatic heterocycles. The summed E-state index contributed by atoms with van der Waals surface area (Å²) in [6.45, 7) is -1.06. The second-order valence-corrected chi connectivity index (χ2v) is 5.26. The first-order valence-corrected chi connectivity index (χ1v) is 6.42. The SMILES string of the molecule is OCc1ccc(N(CC(F)(F)F)C2CC2)cc1Br. The van der Waals surface area contributed by atoms with Crippen molar-refractivity contribution in [2.45, 2.75) is 31.7 Å². The van der Waals surface area contributed by atoms with Gasteiger partial charge in [0, 0.05) is 16.2 Å². The van der Waals surface area contributed by atoms with Gasteiger partial charge in [-0.15, -0.1) is 0 Å². The van der Waals surface area contributed by atoms with E-state index in [1.165, 1.54) is 4.90 Å². The van der Waals surface area contributed by atoms with Gasteiger partial charge in [-0.3, -0.25) is 0 Å². The first-order chi connectivity index (χ1) is 8.40. The molecule has 2 rings (SSSR count). The molecular weight excluding hydrogens is 311 g/mol. The molecule has 1 fully saturated rings. The average Bonchev–Trinajstić information content (AvgIpc) is 3.08. The standard InChI is InChI=1S/C12H13BrF3NO/c13-11-5-10(2-1-8(11)6-18)17(9-3-4-9)7-12(14,15)16/h1-2,5,9,18H,3-4,6-7H2. The third-order valence-electron chi connectivity index (χ3n) is 2.88. The van der Waals surface area contributed by atoms with Gasteiger partial charge >= 0.3 is 6.18 Å². The molecule has 0 saturated heterocycles. The Hall–Kier alpha value is -0.750. The van der Waals surface area contributed by atoms with Crippen LogP contribution in [0.1, 0.15) is 18.4 Å². The zero-order valence-electron chi connectivity index (χ0n) is 9.54. The molecule has 1 aliphatic rings. The van der Waals surface area contributed by atoms with E-state index in [4.69, 9.17) is 5.11 Å². The van der Waals surface area contributed by atoms with E-state index in [9.17, 15) is 13.2 Å². The number of halogens is 4. The van der Waals surface area contributed by atoms with Gasteiger partial charge in [0.05, 0.1) is 6.61 Å². The van der Waals surface area contributed by atoms with Crippen LogP contribution in [-0.4, -0.2) is 23.9 Å². The van der Waals surface area contributed by atoms with Crippen LogP contribution in [0.4, 0.5) is 18.9 Å². The summed E-state index contributed by atoms with van der Waals surface area (Å²) in [5, 5.41) is 9.03. The molecule has 1 aliphatic carbocycles. The van der Waals surface area contributed by atoms with E-state index in [1.54, 1.807) is 18.2 Å². The van der Waals surface area contributed by atoms with Crippen molar-refractivity contribution in [3.8, 4) is 0 Å². The second kappa shape index (κ2) is 5.09. The monoisotopic (exact) mass is 323 g/mol. The molecule has 1 N–H and O–H groups in total. The Labute approximate surface area is 112 Å². The van der Waals surface area contributed by atoms with Crippen LogP contribution in [0.25, 0.3) is 0 Å². The summed E-state index contributed by atoms with van der Waals surface area (Å²) in [6.07, 6.45) is -2.60. The van der Waals surface area contributed by atoms with Crippen LogP contribution in [0.3, 0.4) is 0 Å². The Morgan fingerprint density at radius 2 is 2.00 bits per heavy atom. The number of nitrogens with zero attached hydrogens (tertiary/aromatic N) is 1. The molecule has 1 saturated carbocycles. The molecule has 0 aromatic heterocycles. The summed E-state index contributed by atoms with van der Waals surface area (Å²) in [7, 11) is 0. The minimum atomic E-state index is -4.20. The summed E-state index contributed by atoms with van der Waals surface area (Å²) in [6, 6.07) is 4.89. The van der Waals surface area contributed by atoms with Crippen molar-refractivity contribution in [1.82, 2.24) is 0 Å². The summed E-state index contributed by atoms with van der Waals surface area (Å²) < 4.78 is 38.2. The zero-order chi connectivity index (χ0) is 13.3. The highest BCUT2D eigenvalue weighted by Crippen LogP contribution is 2.36. The maximum absolute atomic E-state index is 12.5. The minimum Gasteiger partial charge on any atom is -0.392 e. The lowest BCUT2D eigenvalue weighted by Gasteiger charge is -2.26. The molecular formula is C12H13BrF3NO. The Morgan fingerprint density at radius 3 is 2.44 bits per heavy atom. The van der Waals surface area contributed by atoms with Gasteiger partial charge in [0.25, 0.3) is 0 Å². The quantitative estimate of drug-likeness (QED) is 0.917. The van der Waals surface area contributed by atoms with Crippen LogP contribution in [0.5, 0.6) is 0 Å². The molecule has 1 aromatic carbocycles. The van der Waals surface area contributed by atoms with Gasteiger partial charge in [-0.2, -0.15) is 13.2 Å². The number of benzene rings is 1.